The smallest absolute Gasteiger partial charge is 0.138 e. The molecule has 4 atom stereocenters. The molecule has 0 amide bonds. The highest BCUT2D eigenvalue weighted by atomic mass is 16.5. The summed E-state index contributed by atoms with van der Waals surface area (Å²) in [5.74, 6) is 8.20. The van der Waals surface area contributed by atoms with Crippen LogP contribution in [-0.2, 0) is 6.42 Å². The number of aromatic nitrogens is 8. The number of piperazine rings is 2. The maximum Gasteiger partial charge on any atom is 0.138 e. The molecule has 0 aromatic carbocycles. The highest BCUT2D eigenvalue weighted by Crippen LogP contribution is 2.38. The van der Waals surface area contributed by atoms with Crippen LogP contribution in [0.5, 0.6) is 11.5 Å². The number of piperidine rings is 2. The highest BCUT2D eigenvalue weighted by molar-refractivity contribution is 5.86. The van der Waals surface area contributed by atoms with Crippen molar-refractivity contribution >= 4 is 28.7 Å². The number of rotatable bonds is 16. The summed E-state index contributed by atoms with van der Waals surface area (Å²) in [5.41, 5.74) is 7.30. The first-order valence-corrected chi connectivity index (χ1v) is 27.1. The van der Waals surface area contributed by atoms with Crippen molar-refractivity contribution in [3.8, 4) is 70.6 Å². The second kappa shape index (κ2) is 22.5. The number of pyridine rings is 6. The minimum atomic E-state index is -0.979. The first-order valence-electron chi connectivity index (χ1n) is 27.1. The average Bonchev–Trinajstić information content (AvgIpc) is 4.18. The standard InChI is InChI=1S/C32H31N7O2.C31H31N7O2/c1-4-22-7-9-25(34-15-22)6-5-11-38-26-12-27(38)19-37(18-26)30-10-8-23(16-35-30)29-13-28(41-21-32(2,3)40)20-39-31(29)24(14-33)17-36-39;1-4-21-5-7-24(33-14-21)9-10-37-25-11-26(37)18-36(17-25)29-8-6-22(15-34-29)28-12-27(40-20-31(2,3)39)19-38-30(28)23(13-32)16-35-38/h1,5-10,13,15-17,20,26-27,40H,11-12,18-19,21H2,2-3H3;1,5-8,12,14-16,19,25-26,39H,9-11,17-18,20H2,2-3H3/b6-5+;. The molecule has 6 aliphatic rings. The number of hydrogen-bond acceptors (Lipinski definition) is 16. The van der Waals surface area contributed by atoms with E-state index in [-0.39, 0.29) is 13.2 Å². The molecule has 18 heteroatoms. The lowest BCUT2D eigenvalue weighted by atomic mass is 9.87. The molecular formula is C63H62N14O4. The largest absolute Gasteiger partial charge is 0.489 e. The average molecular weight is 1080 g/mol. The van der Waals surface area contributed by atoms with Crippen LogP contribution in [0.1, 0.15) is 74.2 Å². The van der Waals surface area contributed by atoms with Crippen molar-refractivity contribution in [1.29, 1.82) is 10.5 Å². The summed E-state index contributed by atoms with van der Waals surface area (Å²) in [5, 5.41) is 48.2. The van der Waals surface area contributed by atoms with Crippen LogP contribution in [0.25, 0.3) is 39.4 Å². The van der Waals surface area contributed by atoms with Gasteiger partial charge in [0.05, 0.1) is 63.8 Å². The van der Waals surface area contributed by atoms with Gasteiger partial charge in [0, 0.05) is 134 Å². The Morgan fingerprint density at radius 3 is 1.53 bits per heavy atom. The molecule has 18 nitrogen and oxygen atoms in total. The van der Waals surface area contributed by atoms with E-state index in [0.29, 0.717) is 57.8 Å². The number of terminal acetylenes is 2. The van der Waals surface area contributed by atoms with Crippen LogP contribution >= 0.6 is 0 Å². The van der Waals surface area contributed by atoms with Gasteiger partial charge in [0.1, 0.15) is 48.5 Å². The van der Waals surface area contributed by atoms with E-state index in [4.69, 9.17) is 32.3 Å². The Hall–Kier alpha value is -9.14. The van der Waals surface area contributed by atoms with Gasteiger partial charge in [-0.3, -0.25) is 19.8 Å². The van der Waals surface area contributed by atoms with Crippen LogP contribution in [0.2, 0.25) is 0 Å². The second-order valence-corrected chi connectivity index (χ2v) is 22.4. The molecule has 0 saturated carbocycles. The molecule has 6 saturated heterocycles. The number of ether oxygens (including phenoxy) is 2. The Morgan fingerprint density at radius 2 is 1.11 bits per heavy atom. The summed E-state index contributed by atoms with van der Waals surface area (Å²) >= 11 is 0. The van der Waals surface area contributed by atoms with Crippen LogP contribution < -0.4 is 19.3 Å². The van der Waals surface area contributed by atoms with E-state index in [2.05, 4.69) is 69.8 Å². The van der Waals surface area contributed by atoms with Crippen LogP contribution in [0.4, 0.5) is 11.6 Å². The molecule has 81 heavy (non-hydrogen) atoms. The first kappa shape index (κ1) is 53.8. The quantitative estimate of drug-likeness (QED) is 0.0929. The normalized spacial score (nSPS) is 18.7. The number of anilines is 2. The summed E-state index contributed by atoms with van der Waals surface area (Å²) in [4.78, 5) is 28.3. The molecule has 408 valence electrons. The molecule has 4 unspecified atom stereocenters. The maximum atomic E-state index is 10.1. The Kier molecular flexibility index (Phi) is 15.0. The zero-order valence-corrected chi connectivity index (χ0v) is 45.8. The van der Waals surface area contributed by atoms with Gasteiger partial charge < -0.3 is 29.5 Å². The van der Waals surface area contributed by atoms with E-state index < -0.39 is 11.2 Å². The first-order chi connectivity index (χ1) is 39.1. The molecule has 0 radical (unpaired) electrons. The van der Waals surface area contributed by atoms with E-state index in [1.165, 1.54) is 12.8 Å². The predicted octanol–water partition coefficient (Wildman–Crippen LogP) is 7.07. The Labute approximate surface area is 471 Å². The van der Waals surface area contributed by atoms with E-state index >= 15 is 0 Å². The van der Waals surface area contributed by atoms with Crippen molar-refractivity contribution in [3.05, 3.63) is 150 Å². The van der Waals surface area contributed by atoms with Crippen LogP contribution in [0.3, 0.4) is 0 Å². The van der Waals surface area contributed by atoms with Gasteiger partial charge in [-0.15, -0.1) is 12.8 Å². The minimum absolute atomic E-state index is 0.127. The molecule has 14 rings (SSSR count). The van der Waals surface area contributed by atoms with Crippen molar-refractivity contribution in [2.24, 2.45) is 0 Å². The number of aliphatic hydroxyl groups is 2. The lowest BCUT2D eigenvalue weighted by Crippen LogP contribution is -2.69. The van der Waals surface area contributed by atoms with Gasteiger partial charge in [-0.1, -0.05) is 17.9 Å². The van der Waals surface area contributed by atoms with E-state index in [1.54, 1.807) is 73.9 Å². The predicted molar refractivity (Wildman–Crippen MR) is 309 cm³/mol. The monoisotopic (exact) mass is 1080 g/mol. The molecule has 14 heterocycles. The molecule has 8 aromatic rings. The zero-order valence-electron chi connectivity index (χ0n) is 45.8. The molecule has 0 spiro atoms. The van der Waals surface area contributed by atoms with Crippen molar-refractivity contribution < 1.29 is 19.7 Å². The molecule has 6 fully saturated rings. The summed E-state index contributed by atoms with van der Waals surface area (Å²) in [6.45, 7) is 12.6. The van der Waals surface area contributed by atoms with Crippen LogP contribution in [-0.4, -0.2) is 147 Å². The van der Waals surface area contributed by atoms with Gasteiger partial charge in [0.15, 0.2) is 0 Å². The molecule has 8 aromatic heterocycles. The molecular weight excluding hydrogens is 1020 g/mol. The number of nitriles is 2. The lowest BCUT2D eigenvalue weighted by molar-refractivity contribution is 0.000135. The Morgan fingerprint density at radius 1 is 0.617 bits per heavy atom. The van der Waals surface area contributed by atoms with Crippen LogP contribution in [0.15, 0.2) is 116 Å². The fourth-order valence-electron chi connectivity index (χ4n) is 11.1. The lowest BCUT2D eigenvalue weighted by Gasteiger charge is -2.56. The fourth-order valence-corrected chi connectivity index (χ4v) is 11.1. The van der Waals surface area contributed by atoms with Gasteiger partial charge >= 0.3 is 0 Å². The zero-order chi connectivity index (χ0) is 56.4. The maximum absolute atomic E-state index is 10.1. The molecule has 4 bridgehead atoms. The number of nitrogens with zero attached hydrogens (tertiary/aromatic N) is 14. The summed E-state index contributed by atoms with van der Waals surface area (Å²) in [7, 11) is 0. The SMILES string of the molecule is C#Cc1ccc(/C=C/CN2C3CC2CN(c2ccc(-c4cc(OCC(C)(C)O)cn5ncc(C#N)c45)cn2)C3)nc1.C#Cc1ccc(CCN2C3CC2CN(c2ccc(-c4cc(OCC(C)(C)O)cn5ncc(C#N)c45)cn2)C3)nc1. The van der Waals surface area contributed by atoms with Gasteiger partial charge in [0.25, 0.3) is 0 Å². The van der Waals surface area contributed by atoms with Crippen molar-refractivity contribution in [3.63, 3.8) is 0 Å². The van der Waals surface area contributed by atoms with E-state index in [9.17, 15) is 20.7 Å². The van der Waals surface area contributed by atoms with Gasteiger partial charge in [0.2, 0.25) is 0 Å². The molecule has 0 aliphatic carbocycles. The van der Waals surface area contributed by atoms with Crippen molar-refractivity contribution in [2.75, 3.05) is 62.3 Å². The topological polar surface area (TPSA) is 206 Å². The second-order valence-electron chi connectivity index (χ2n) is 22.4. The van der Waals surface area contributed by atoms with Crippen molar-refractivity contribution in [2.45, 2.75) is 82.3 Å². The van der Waals surface area contributed by atoms with Crippen LogP contribution in [0, 0.1) is 47.3 Å². The third-order valence-electron chi connectivity index (χ3n) is 15.2. The highest BCUT2D eigenvalue weighted by Gasteiger charge is 2.45. The third-order valence-corrected chi connectivity index (χ3v) is 15.2. The third kappa shape index (κ3) is 11.9. The summed E-state index contributed by atoms with van der Waals surface area (Å²) < 4.78 is 15.0. The van der Waals surface area contributed by atoms with Crippen molar-refractivity contribution in [1.82, 2.24) is 49.0 Å². The fraction of sp³-hybridized carbons (Fsp3) is 0.333. The minimum Gasteiger partial charge on any atom is -0.489 e. The number of hydrogen-bond donors (Lipinski definition) is 2. The van der Waals surface area contributed by atoms with Gasteiger partial charge in [-0.2, -0.15) is 20.7 Å². The van der Waals surface area contributed by atoms with Gasteiger partial charge in [-0.05, 0) is 107 Å². The Bertz CT molecular complexity index is 3750. The van der Waals surface area contributed by atoms with E-state index in [0.717, 1.165) is 102 Å². The van der Waals surface area contributed by atoms with Gasteiger partial charge in [-0.25, -0.2) is 19.0 Å². The summed E-state index contributed by atoms with van der Waals surface area (Å²) in [6.07, 6.45) is 32.1. The van der Waals surface area contributed by atoms with E-state index in [1.807, 2.05) is 79.1 Å². The molecule has 2 N–H and O–H groups in total. The number of fused-ring (bicyclic) bond motifs is 6. The Balaban J connectivity index is 0.000000170. The molecule has 6 aliphatic heterocycles. The summed E-state index contributed by atoms with van der Waals surface area (Å²) in [6, 6.07) is 26.2.